The highest BCUT2D eigenvalue weighted by Gasteiger charge is 2.63. The molecular weight excluding hydrogens is 498 g/mol. The number of nitriles is 2. The number of benzene rings is 3. The van der Waals surface area contributed by atoms with Crippen LogP contribution in [0.4, 0.5) is 5.69 Å². The molecule has 2 aliphatic rings. The molecule has 3 atom stereocenters. The van der Waals surface area contributed by atoms with Crippen LogP contribution in [0.1, 0.15) is 27.4 Å². The van der Waals surface area contributed by atoms with Crippen molar-refractivity contribution in [1.29, 1.82) is 10.5 Å². The van der Waals surface area contributed by atoms with Gasteiger partial charge in [-0.2, -0.15) is 10.5 Å². The van der Waals surface area contributed by atoms with Gasteiger partial charge in [0.15, 0.2) is 11.2 Å². The first-order valence-electron chi connectivity index (χ1n) is 10.4. The van der Waals surface area contributed by atoms with Crippen molar-refractivity contribution in [1.82, 2.24) is 0 Å². The number of hydrogen-bond acceptors (Lipinski definition) is 4. The van der Waals surface area contributed by atoms with Crippen molar-refractivity contribution < 1.29 is 4.79 Å². The minimum absolute atomic E-state index is 0.134. The number of carbonyl (C=O) groups excluding carboxylic acids is 1. The molecule has 0 saturated carbocycles. The topological polar surface area (TPSA) is 67.9 Å². The summed E-state index contributed by atoms with van der Waals surface area (Å²) in [6.07, 6.45) is 3.74. The lowest BCUT2D eigenvalue weighted by molar-refractivity contribution is 0.0951. The van der Waals surface area contributed by atoms with Gasteiger partial charge in [-0.15, -0.1) is 0 Å². The van der Waals surface area contributed by atoms with Crippen molar-refractivity contribution in [3.05, 3.63) is 105 Å². The summed E-state index contributed by atoms with van der Waals surface area (Å²) in [5.41, 5.74) is 1.45. The van der Waals surface area contributed by atoms with Gasteiger partial charge in [-0.3, -0.25) is 4.79 Å². The van der Waals surface area contributed by atoms with Crippen molar-refractivity contribution in [3.63, 3.8) is 0 Å². The Labute approximate surface area is 205 Å². The maximum absolute atomic E-state index is 14.1. The van der Waals surface area contributed by atoms with Crippen LogP contribution in [-0.4, -0.2) is 17.9 Å². The molecular formula is C27H17BrClN3O. The van der Waals surface area contributed by atoms with E-state index in [0.29, 0.717) is 10.6 Å². The first kappa shape index (κ1) is 21.5. The normalized spacial score (nSPS) is 22.1. The fraction of sp³-hybridized carbons (Fsp3) is 0.148. The predicted octanol–water partition coefficient (Wildman–Crippen LogP) is 6.39. The van der Waals surface area contributed by atoms with Gasteiger partial charge < -0.3 is 4.90 Å². The van der Waals surface area contributed by atoms with E-state index in [1.807, 2.05) is 71.6 Å². The van der Waals surface area contributed by atoms with Crippen LogP contribution in [0.25, 0.3) is 6.08 Å². The van der Waals surface area contributed by atoms with E-state index in [9.17, 15) is 15.3 Å². The molecule has 0 spiro atoms. The average Bonchev–Trinajstić information content (AvgIpc) is 3.14. The second-order valence-corrected chi connectivity index (χ2v) is 9.47. The summed E-state index contributed by atoms with van der Waals surface area (Å²) in [6.45, 7) is 0. The molecule has 0 aliphatic carbocycles. The van der Waals surface area contributed by atoms with Gasteiger partial charge >= 0.3 is 0 Å². The van der Waals surface area contributed by atoms with Crippen molar-refractivity contribution in [2.75, 3.05) is 4.90 Å². The Morgan fingerprint density at radius 2 is 1.70 bits per heavy atom. The standard InChI is InChI=1S/C27H17BrClN3O/c28-21-9-5-4-8-20(21)24-25(26(33)17-6-2-1-3-7-17)32-22-12-11-19(29)14-18(22)10-13-23(32)27(24,15-30)16-31/h1-14,23-25H/t23-,24-,25-/m1/s1. The predicted molar refractivity (Wildman–Crippen MR) is 132 cm³/mol. The van der Waals surface area contributed by atoms with Crippen LogP contribution in [-0.2, 0) is 0 Å². The molecule has 0 radical (unpaired) electrons. The van der Waals surface area contributed by atoms with Crippen LogP contribution in [0.5, 0.6) is 0 Å². The van der Waals surface area contributed by atoms with Gasteiger partial charge in [0.25, 0.3) is 0 Å². The molecule has 5 rings (SSSR count). The Balaban J connectivity index is 1.81. The number of rotatable bonds is 3. The van der Waals surface area contributed by atoms with E-state index in [2.05, 4.69) is 28.1 Å². The van der Waals surface area contributed by atoms with Gasteiger partial charge in [-0.25, -0.2) is 0 Å². The first-order valence-corrected chi connectivity index (χ1v) is 11.6. The van der Waals surface area contributed by atoms with Gasteiger partial charge in [0.2, 0.25) is 0 Å². The van der Waals surface area contributed by atoms with Crippen molar-refractivity contribution in [3.8, 4) is 12.1 Å². The van der Waals surface area contributed by atoms with E-state index in [1.165, 1.54) is 0 Å². The molecule has 2 heterocycles. The van der Waals surface area contributed by atoms with Gasteiger partial charge in [0.05, 0.1) is 18.2 Å². The van der Waals surface area contributed by atoms with E-state index < -0.39 is 23.4 Å². The van der Waals surface area contributed by atoms with E-state index >= 15 is 0 Å². The number of fused-ring (bicyclic) bond motifs is 3. The maximum Gasteiger partial charge on any atom is 0.185 e. The minimum atomic E-state index is -1.48. The molecule has 4 nitrogen and oxygen atoms in total. The molecule has 3 aromatic rings. The maximum atomic E-state index is 14.1. The van der Waals surface area contributed by atoms with Crippen LogP contribution in [0.15, 0.2) is 83.3 Å². The largest absolute Gasteiger partial charge is 0.351 e. The molecule has 0 amide bonds. The number of hydrogen-bond donors (Lipinski definition) is 0. The number of anilines is 1. The Hall–Kier alpha value is -3.38. The summed E-state index contributed by atoms with van der Waals surface area (Å²) >= 11 is 9.85. The van der Waals surface area contributed by atoms with Crippen LogP contribution in [0.3, 0.4) is 0 Å². The number of halogens is 2. The summed E-state index contributed by atoms with van der Waals surface area (Å²) in [5.74, 6) is -0.822. The second kappa shape index (κ2) is 8.19. The van der Waals surface area contributed by atoms with Crippen LogP contribution < -0.4 is 4.90 Å². The lowest BCUT2D eigenvalue weighted by atomic mass is 9.69. The summed E-state index contributed by atoms with van der Waals surface area (Å²) in [6, 6.07) is 25.3. The molecule has 6 heteroatoms. The zero-order chi connectivity index (χ0) is 23.2. The lowest BCUT2D eigenvalue weighted by Gasteiger charge is -2.35. The lowest BCUT2D eigenvalue weighted by Crippen LogP contribution is -2.44. The summed E-state index contributed by atoms with van der Waals surface area (Å²) in [7, 11) is 0. The van der Waals surface area contributed by atoms with Gasteiger partial charge in [-0.05, 0) is 35.4 Å². The Kier molecular flexibility index (Phi) is 5.33. The Bertz CT molecular complexity index is 1360. The molecule has 1 fully saturated rings. The van der Waals surface area contributed by atoms with E-state index in [0.717, 1.165) is 21.3 Å². The van der Waals surface area contributed by atoms with Crippen LogP contribution >= 0.6 is 27.5 Å². The quantitative estimate of drug-likeness (QED) is 0.380. The summed E-state index contributed by atoms with van der Waals surface area (Å²) in [4.78, 5) is 16.0. The highest BCUT2D eigenvalue weighted by molar-refractivity contribution is 9.10. The molecule has 0 N–H and O–H groups in total. The second-order valence-electron chi connectivity index (χ2n) is 8.18. The molecule has 0 bridgehead atoms. The fourth-order valence-electron chi connectivity index (χ4n) is 5.11. The zero-order valence-corrected chi connectivity index (χ0v) is 19.7. The summed E-state index contributed by atoms with van der Waals surface area (Å²) < 4.78 is 0.760. The van der Waals surface area contributed by atoms with Crippen LogP contribution in [0.2, 0.25) is 5.02 Å². The SMILES string of the molecule is N#CC1(C#N)[C@H](c2ccccc2Br)[C@H](C(=O)c2ccccc2)N2c3ccc(Cl)cc3C=C[C@@H]21. The number of ketones is 1. The molecule has 1 saturated heterocycles. The van der Waals surface area contributed by atoms with Gasteiger partial charge in [0.1, 0.15) is 6.04 Å². The van der Waals surface area contributed by atoms with E-state index in [4.69, 9.17) is 11.6 Å². The fourth-order valence-corrected chi connectivity index (χ4v) is 5.82. The zero-order valence-electron chi connectivity index (χ0n) is 17.3. The molecule has 0 unspecified atom stereocenters. The summed E-state index contributed by atoms with van der Waals surface area (Å²) in [5, 5.41) is 21.5. The van der Waals surface area contributed by atoms with E-state index in [1.54, 1.807) is 18.2 Å². The van der Waals surface area contributed by atoms with Crippen molar-refractivity contribution in [2.24, 2.45) is 5.41 Å². The molecule has 33 heavy (non-hydrogen) atoms. The minimum Gasteiger partial charge on any atom is -0.351 e. The number of Topliss-reactive ketones (excluding diaryl/α,β-unsaturated/α-hetero) is 1. The van der Waals surface area contributed by atoms with Gasteiger partial charge in [0, 0.05) is 26.7 Å². The molecule has 0 aromatic heterocycles. The molecule has 160 valence electrons. The molecule has 2 aliphatic heterocycles. The first-order chi connectivity index (χ1) is 16.0. The number of carbonyl (C=O) groups is 1. The van der Waals surface area contributed by atoms with E-state index in [-0.39, 0.29) is 5.78 Å². The molecule has 3 aromatic carbocycles. The smallest absolute Gasteiger partial charge is 0.185 e. The van der Waals surface area contributed by atoms with Crippen LogP contribution in [0, 0.1) is 28.1 Å². The highest BCUT2D eigenvalue weighted by atomic mass is 79.9. The van der Waals surface area contributed by atoms with Crippen molar-refractivity contribution >= 4 is 45.1 Å². The number of nitrogens with zero attached hydrogens (tertiary/aromatic N) is 3. The average molecular weight is 515 g/mol. The monoisotopic (exact) mass is 513 g/mol. The van der Waals surface area contributed by atoms with Gasteiger partial charge in [-0.1, -0.05) is 88.2 Å². The Morgan fingerprint density at radius 1 is 1.00 bits per heavy atom. The third-order valence-electron chi connectivity index (χ3n) is 6.54. The third kappa shape index (κ3) is 3.20. The third-order valence-corrected chi connectivity index (χ3v) is 7.49. The van der Waals surface area contributed by atoms with Crippen molar-refractivity contribution in [2.45, 2.75) is 18.0 Å². The highest BCUT2D eigenvalue weighted by Crippen LogP contribution is 2.56. The Morgan fingerprint density at radius 3 is 2.39 bits per heavy atom.